The number of benzene rings is 1. The van der Waals surface area contributed by atoms with Crippen molar-refractivity contribution in [1.29, 1.82) is 0 Å². The lowest BCUT2D eigenvalue weighted by Crippen LogP contribution is -2.31. The number of fused-ring (bicyclic) bond motifs is 2. The number of hydrogen-bond acceptors (Lipinski definition) is 5. The van der Waals surface area contributed by atoms with E-state index in [9.17, 15) is 0 Å². The molecule has 2 aromatic heterocycles. The number of aromatic nitrogens is 2. The Balaban J connectivity index is 1.79. The molecular weight excluding hydrogens is 280 g/mol. The van der Waals surface area contributed by atoms with Crippen LogP contribution in [0.1, 0.15) is 16.0 Å². The molecule has 0 amide bonds. The van der Waals surface area contributed by atoms with Crippen molar-refractivity contribution in [2.24, 2.45) is 0 Å². The van der Waals surface area contributed by atoms with Crippen molar-refractivity contribution >= 4 is 33.1 Å². The zero-order valence-electron chi connectivity index (χ0n) is 11.8. The Morgan fingerprint density at radius 1 is 1.29 bits per heavy atom. The molecule has 3 aromatic rings. The summed E-state index contributed by atoms with van der Waals surface area (Å²) in [5.41, 5.74) is 9.62. The van der Waals surface area contributed by atoms with Crippen LogP contribution in [0.2, 0.25) is 0 Å². The number of anilines is 2. The Hall–Kier alpha value is -2.14. The first-order valence-corrected chi connectivity index (χ1v) is 7.86. The number of hydrogen-bond donors (Lipinski definition) is 1. The summed E-state index contributed by atoms with van der Waals surface area (Å²) in [4.78, 5) is 13.5. The monoisotopic (exact) mass is 296 g/mol. The Morgan fingerprint density at radius 2 is 2.19 bits per heavy atom. The molecular formula is C16H16N4S. The molecule has 0 saturated heterocycles. The highest BCUT2D eigenvalue weighted by Crippen LogP contribution is 2.33. The van der Waals surface area contributed by atoms with Crippen LogP contribution in [0.25, 0.3) is 10.2 Å². The van der Waals surface area contributed by atoms with E-state index >= 15 is 0 Å². The molecule has 1 aliphatic heterocycles. The summed E-state index contributed by atoms with van der Waals surface area (Å²) in [7, 11) is 0. The maximum atomic E-state index is 6.14. The molecule has 0 atom stereocenters. The van der Waals surface area contributed by atoms with E-state index in [2.05, 4.69) is 33.9 Å². The van der Waals surface area contributed by atoms with Gasteiger partial charge in [0.2, 0.25) is 0 Å². The minimum absolute atomic E-state index is 0.822. The van der Waals surface area contributed by atoms with Crippen LogP contribution in [-0.2, 0) is 13.0 Å². The molecule has 1 aromatic carbocycles. The average Bonchev–Trinajstić information content (AvgIpc) is 2.87. The second-order valence-electron chi connectivity index (χ2n) is 5.43. The van der Waals surface area contributed by atoms with Crippen molar-refractivity contribution < 1.29 is 0 Å². The van der Waals surface area contributed by atoms with Gasteiger partial charge < -0.3 is 10.6 Å². The van der Waals surface area contributed by atoms with Crippen molar-refractivity contribution in [2.75, 3.05) is 17.2 Å². The van der Waals surface area contributed by atoms with Crippen LogP contribution in [0.5, 0.6) is 0 Å². The lowest BCUT2D eigenvalue weighted by molar-refractivity contribution is 0.725. The maximum absolute atomic E-state index is 6.14. The van der Waals surface area contributed by atoms with E-state index in [1.54, 1.807) is 17.7 Å². The van der Waals surface area contributed by atoms with Gasteiger partial charge in [0, 0.05) is 23.7 Å². The fraction of sp³-hybridized carbons (Fsp3) is 0.250. The molecule has 106 valence electrons. The molecule has 0 bridgehead atoms. The first-order chi connectivity index (χ1) is 10.2. The molecule has 0 saturated carbocycles. The smallest absolute Gasteiger partial charge is 0.141 e. The largest absolute Gasteiger partial charge is 0.398 e. The van der Waals surface area contributed by atoms with Gasteiger partial charge in [-0.3, -0.25) is 0 Å². The van der Waals surface area contributed by atoms with E-state index in [0.29, 0.717) is 0 Å². The van der Waals surface area contributed by atoms with Crippen LogP contribution < -0.4 is 10.6 Å². The van der Waals surface area contributed by atoms with Gasteiger partial charge in [0.05, 0.1) is 5.39 Å². The topological polar surface area (TPSA) is 55.0 Å². The third kappa shape index (κ3) is 2.05. The molecule has 0 fully saturated rings. The van der Waals surface area contributed by atoms with Crippen LogP contribution >= 0.6 is 11.3 Å². The Morgan fingerprint density at radius 3 is 3.10 bits per heavy atom. The van der Waals surface area contributed by atoms with Crippen molar-refractivity contribution in [2.45, 2.75) is 19.9 Å². The third-order valence-corrected chi connectivity index (χ3v) is 5.00. The summed E-state index contributed by atoms with van der Waals surface area (Å²) in [6, 6.07) is 8.37. The average molecular weight is 296 g/mol. The molecule has 4 rings (SSSR count). The van der Waals surface area contributed by atoms with Crippen LogP contribution in [-0.4, -0.2) is 16.5 Å². The van der Waals surface area contributed by atoms with Gasteiger partial charge in [0.15, 0.2) is 0 Å². The zero-order valence-corrected chi connectivity index (χ0v) is 12.7. The van der Waals surface area contributed by atoms with Gasteiger partial charge in [-0.1, -0.05) is 12.1 Å². The van der Waals surface area contributed by atoms with Crippen molar-refractivity contribution in [1.82, 2.24) is 9.97 Å². The highest BCUT2D eigenvalue weighted by molar-refractivity contribution is 7.18. The third-order valence-electron chi connectivity index (χ3n) is 4.04. The number of rotatable bonds is 1. The molecule has 3 heterocycles. The molecule has 2 N–H and O–H groups in total. The normalized spacial score (nSPS) is 14.4. The van der Waals surface area contributed by atoms with Crippen molar-refractivity contribution in [3.63, 3.8) is 0 Å². The predicted octanol–water partition coefficient (Wildman–Crippen LogP) is 3.14. The highest BCUT2D eigenvalue weighted by Gasteiger charge is 2.21. The number of thiophene rings is 1. The van der Waals surface area contributed by atoms with Gasteiger partial charge in [-0.05, 0) is 36.6 Å². The number of nitrogen functional groups attached to an aromatic ring is 1. The molecule has 0 unspecified atom stereocenters. The first-order valence-electron chi connectivity index (χ1n) is 7.05. The van der Waals surface area contributed by atoms with E-state index in [1.165, 1.54) is 16.0 Å². The summed E-state index contributed by atoms with van der Waals surface area (Å²) < 4.78 is 0. The van der Waals surface area contributed by atoms with E-state index < -0.39 is 0 Å². The molecule has 4 nitrogen and oxygen atoms in total. The zero-order chi connectivity index (χ0) is 14.4. The van der Waals surface area contributed by atoms with Crippen molar-refractivity contribution in [3.8, 4) is 0 Å². The predicted molar refractivity (Wildman–Crippen MR) is 87.8 cm³/mol. The Bertz CT molecular complexity index is 824. The Labute approximate surface area is 127 Å². The van der Waals surface area contributed by atoms with Gasteiger partial charge in [0.1, 0.15) is 17.0 Å². The summed E-state index contributed by atoms with van der Waals surface area (Å²) in [6.07, 6.45) is 2.67. The molecule has 21 heavy (non-hydrogen) atoms. The van der Waals surface area contributed by atoms with E-state index in [1.807, 2.05) is 12.1 Å². The van der Waals surface area contributed by atoms with E-state index in [-0.39, 0.29) is 0 Å². The second kappa shape index (κ2) is 4.70. The van der Waals surface area contributed by atoms with Gasteiger partial charge >= 0.3 is 0 Å². The first kappa shape index (κ1) is 12.6. The molecule has 1 aliphatic rings. The van der Waals surface area contributed by atoms with Gasteiger partial charge in [-0.25, -0.2) is 9.97 Å². The van der Waals surface area contributed by atoms with E-state index in [4.69, 9.17) is 5.73 Å². The van der Waals surface area contributed by atoms with E-state index in [0.717, 1.165) is 41.2 Å². The van der Waals surface area contributed by atoms with Gasteiger partial charge in [0.25, 0.3) is 0 Å². The molecule has 0 spiro atoms. The maximum Gasteiger partial charge on any atom is 0.141 e. The minimum Gasteiger partial charge on any atom is -0.398 e. The molecule has 5 heteroatoms. The fourth-order valence-corrected chi connectivity index (χ4v) is 3.85. The number of aryl methyl sites for hydroxylation is 1. The second-order valence-corrected chi connectivity index (χ2v) is 6.66. The lowest BCUT2D eigenvalue weighted by Gasteiger charge is -2.30. The van der Waals surface area contributed by atoms with Gasteiger partial charge in [-0.2, -0.15) is 0 Å². The quantitative estimate of drug-likeness (QED) is 0.701. The van der Waals surface area contributed by atoms with Crippen LogP contribution in [0.3, 0.4) is 0 Å². The lowest BCUT2D eigenvalue weighted by atomic mass is 9.98. The van der Waals surface area contributed by atoms with Crippen LogP contribution in [0.4, 0.5) is 11.5 Å². The highest BCUT2D eigenvalue weighted by atomic mass is 32.1. The summed E-state index contributed by atoms with van der Waals surface area (Å²) >= 11 is 1.72. The Kier molecular flexibility index (Phi) is 2.82. The van der Waals surface area contributed by atoms with Crippen LogP contribution in [0, 0.1) is 6.92 Å². The molecule has 0 radical (unpaired) electrons. The van der Waals surface area contributed by atoms with Crippen LogP contribution in [0.15, 0.2) is 30.6 Å². The molecule has 0 aliphatic carbocycles. The van der Waals surface area contributed by atoms with Crippen molar-refractivity contribution in [3.05, 3.63) is 46.6 Å². The number of nitrogens with two attached hydrogens (primary N) is 1. The fourth-order valence-electron chi connectivity index (χ4n) is 3.00. The SMILES string of the molecule is Cc1cc2c(N3CCc4cccc(N)c4C3)ncnc2s1. The summed E-state index contributed by atoms with van der Waals surface area (Å²) in [5.74, 6) is 1.03. The summed E-state index contributed by atoms with van der Waals surface area (Å²) in [5, 5.41) is 1.15. The number of nitrogens with zero attached hydrogens (tertiary/aromatic N) is 3. The summed E-state index contributed by atoms with van der Waals surface area (Å²) in [6.45, 7) is 3.90. The standard InChI is InChI=1S/C16H16N4S/c1-10-7-12-15(18-9-19-16(12)21-10)20-6-5-11-3-2-4-14(17)13(11)8-20/h2-4,7,9H,5-6,8,17H2,1H3. The van der Waals surface area contributed by atoms with Gasteiger partial charge in [-0.15, -0.1) is 11.3 Å². The minimum atomic E-state index is 0.822.